The van der Waals surface area contributed by atoms with E-state index in [2.05, 4.69) is 0 Å². The lowest BCUT2D eigenvalue weighted by molar-refractivity contribution is -0.250. The van der Waals surface area contributed by atoms with Crippen LogP contribution in [-0.2, 0) is 9.84 Å². The molecular weight excluding hydrogens is 307 g/mol. The summed E-state index contributed by atoms with van der Waals surface area (Å²) in [5.41, 5.74) is -2.59. The Bertz CT molecular complexity index is 630. The van der Waals surface area contributed by atoms with Crippen LogP contribution in [0.1, 0.15) is 13.3 Å². The first kappa shape index (κ1) is 16.1. The van der Waals surface area contributed by atoms with Gasteiger partial charge in [0.2, 0.25) is 0 Å². The maximum absolute atomic E-state index is 12.8. The molecule has 1 aliphatic rings. The average molecular weight is 323 g/mol. The van der Waals surface area contributed by atoms with Crippen LogP contribution < -0.4 is 4.90 Å². The number of para-hydroxylation sites is 1. The number of β-amino-alcohol motifs (C(OH)–C–C–N with tert-alkyl or cyclic N) is 1. The van der Waals surface area contributed by atoms with E-state index >= 15 is 0 Å². The molecule has 1 atom stereocenters. The Morgan fingerprint density at radius 3 is 2.48 bits per heavy atom. The molecule has 1 aromatic rings. The average Bonchev–Trinajstić information content (AvgIpc) is 2.82. The molecule has 0 aliphatic carbocycles. The lowest BCUT2D eigenvalue weighted by atomic mass is 10.0. The largest absolute Gasteiger partial charge is 0.418 e. The molecule has 4 nitrogen and oxygen atoms in total. The van der Waals surface area contributed by atoms with Crippen molar-refractivity contribution >= 4 is 15.5 Å². The highest BCUT2D eigenvalue weighted by Gasteiger charge is 2.57. The first-order valence-electron chi connectivity index (χ1n) is 6.46. The van der Waals surface area contributed by atoms with Gasteiger partial charge in [0.05, 0.1) is 22.9 Å². The summed E-state index contributed by atoms with van der Waals surface area (Å²) in [6.07, 6.45) is -5.21. The van der Waals surface area contributed by atoms with Gasteiger partial charge in [-0.1, -0.05) is 19.1 Å². The minimum absolute atomic E-state index is 0.000996. The summed E-state index contributed by atoms with van der Waals surface area (Å²) < 4.78 is 62.6. The zero-order valence-electron chi connectivity index (χ0n) is 11.4. The zero-order chi connectivity index (χ0) is 15.9. The fourth-order valence-electron chi connectivity index (χ4n) is 2.37. The highest BCUT2D eigenvalue weighted by molar-refractivity contribution is 7.91. The van der Waals surface area contributed by atoms with Gasteiger partial charge in [-0.05, 0) is 12.1 Å². The number of benzene rings is 1. The smallest absolute Gasteiger partial charge is 0.379 e. The maximum atomic E-state index is 12.8. The van der Waals surface area contributed by atoms with Gasteiger partial charge in [0.1, 0.15) is 0 Å². The number of halogens is 3. The molecule has 21 heavy (non-hydrogen) atoms. The van der Waals surface area contributed by atoms with E-state index < -0.39 is 34.6 Å². The van der Waals surface area contributed by atoms with Gasteiger partial charge in [0.15, 0.2) is 15.4 Å². The molecule has 8 heteroatoms. The molecule has 0 bridgehead atoms. The molecule has 1 saturated heterocycles. The van der Waals surface area contributed by atoms with Gasteiger partial charge in [0.25, 0.3) is 0 Å². The fraction of sp³-hybridized carbons (Fsp3) is 0.538. The van der Waals surface area contributed by atoms with Crippen LogP contribution in [0.4, 0.5) is 18.9 Å². The summed E-state index contributed by atoms with van der Waals surface area (Å²) in [6.45, 7) is 0.765. The Morgan fingerprint density at radius 2 is 1.95 bits per heavy atom. The summed E-state index contributed by atoms with van der Waals surface area (Å²) in [5.74, 6) is -0.138. The summed E-state index contributed by atoms with van der Waals surface area (Å²) in [7, 11) is -3.54. The molecule has 1 aliphatic heterocycles. The molecule has 1 N–H and O–H groups in total. The Balaban J connectivity index is 2.38. The van der Waals surface area contributed by atoms with E-state index in [1.807, 2.05) is 0 Å². The Morgan fingerprint density at radius 1 is 1.33 bits per heavy atom. The number of anilines is 1. The van der Waals surface area contributed by atoms with Crippen molar-refractivity contribution in [2.24, 2.45) is 0 Å². The number of alkyl halides is 3. The minimum Gasteiger partial charge on any atom is -0.379 e. The highest BCUT2D eigenvalue weighted by atomic mass is 32.2. The third-order valence-electron chi connectivity index (χ3n) is 3.70. The topological polar surface area (TPSA) is 57.6 Å². The third-order valence-corrected chi connectivity index (χ3v) is 5.47. The van der Waals surface area contributed by atoms with Crippen molar-refractivity contribution in [1.29, 1.82) is 0 Å². The van der Waals surface area contributed by atoms with Crippen LogP contribution in [0.2, 0.25) is 0 Å². The van der Waals surface area contributed by atoms with Crippen LogP contribution in [-0.4, -0.2) is 44.1 Å². The van der Waals surface area contributed by atoms with Gasteiger partial charge in [0, 0.05) is 13.0 Å². The molecule has 0 spiro atoms. The molecule has 1 heterocycles. The summed E-state index contributed by atoms with van der Waals surface area (Å²) in [4.78, 5) is 1.27. The number of nitrogens with zero attached hydrogens (tertiary/aromatic N) is 1. The molecular formula is C13H16F3NO3S. The van der Waals surface area contributed by atoms with Crippen molar-refractivity contribution in [1.82, 2.24) is 0 Å². The van der Waals surface area contributed by atoms with E-state index in [1.54, 1.807) is 6.07 Å². The van der Waals surface area contributed by atoms with Crippen molar-refractivity contribution in [3.8, 4) is 0 Å². The van der Waals surface area contributed by atoms with Gasteiger partial charge < -0.3 is 10.0 Å². The van der Waals surface area contributed by atoms with E-state index in [0.29, 0.717) is 0 Å². The second kappa shape index (κ2) is 5.17. The second-order valence-electron chi connectivity index (χ2n) is 5.07. The normalized spacial score (nSPS) is 23.6. The first-order valence-corrected chi connectivity index (χ1v) is 8.12. The van der Waals surface area contributed by atoms with Gasteiger partial charge in [-0.2, -0.15) is 13.2 Å². The highest BCUT2D eigenvalue weighted by Crippen LogP contribution is 2.40. The number of hydrogen-bond donors (Lipinski definition) is 1. The molecule has 1 fully saturated rings. The van der Waals surface area contributed by atoms with Crippen molar-refractivity contribution in [2.75, 3.05) is 23.7 Å². The Labute approximate surface area is 121 Å². The molecule has 1 unspecified atom stereocenters. The van der Waals surface area contributed by atoms with Crippen molar-refractivity contribution < 1.29 is 26.7 Å². The third kappa shape index (κ3) is 2.87. The number of sulfone groups is 1. The van der Waals surface area contributed by atoms with Gasteiger partial charge in [-0.25, -0.2) is 8.42 Å². The van der Waals surface area contributed by atoms with Crippen molar-refractivity contribution in [3.05, 3.63) is 24.3 Å². The Kier molecular flexibility index (Phi) is 3.96. The van der Waals surface area contributed by atoms with Gasteiger partial charge in [-0.15, -0.1) is 0 Å². The molecule has 1 aromatic carbocycles. The molecule has 118 valence electrons. The summed E-state index contributed by atoms with van der Waals surface area (Å²) >= 11 is 0. The second-order valence-corrected chi connectivity index (χ2v) is 7.32. The van der Waals surface area contributed by atoms with Crippen molar-refractivity contribution in [2.45, 2.75) is 30.0 Å². The van der Waals surface area contributed by atoms with Crippen LogP contribution in [0.25, 0.3) is 0 Å². The van der Waals surface area contributed by atoms with Crippen LogP contribution in [0, 0.1) is 0 Å². The van der Waals surface area contributed by atoms with Crippen LogP contribution in [0.15, 0.2) is 29.2 Å². The lowest BCUT2D eigenvalue weighted by Crippen LogP contribution is -2.47. The standard InChI is InChI=1S/C13H16F3NO3S/c1-2-21(19,20)11-6-4-3-5-10(11)17-8-7-12(18,9-17)13(14,15)16/h3-6,18H,2,7-9H2,1H3. The summed E-state index contributed by atoms with van der Waals surface area (Å²) in [6, 6.07) is 5.93. The zero-order valence-corrected chi connectivity index (χ0v) is 12.2. The summed E-state index contributed by atoms with van der Waals surface area (Å²) in [5, 5.41) is 9.69. The molecule has 0 aromatic heterocycles. The van der Waals surface area contributed by atoms with Crippen molar-refractivity contribution in [3.63, 3.8) is 0 Å². The molecule has 0 radical (unpaired) electrons. The fourth-order valence-corrected chi connectivity index (χ4v) is 3.48. The van der Waals surface area contributed by atoms with Crippen LogP contribution >= 0.6 is 0 Å². The Hall–Kier alpha value is -1.28. The molecule has 2 rings (SSSR count). The van der Waals surface area contributed by atoms with Crippen LogP contribution in [0.3, 0.4) is 0 Å². The van der Waals surface area contributed by atoms with E-state index in [1.165, 1.54) is 30.0 Å². The van der Waals surface area contributed by atoms with Crippen LogP contribution in [0.5, 0.6) is 0 Å². The molecule has 0 saturated carbocycles. The van der Waals surface area contributed by atoms with E-state index in [9.17, 15) is 26.7 Å². The number of hydrogen-bond acceptors (Lipinski definition) is 4. The SMILES string of the molecule is CCS(=O)(=O)c1ccccc1N1CCC(O)(C(F)(F)F)C1. The quantitative estimate of drug-likeness (QED) is 0.924. The van der Waals surface area contributed by atoms with E-state index in [4.69, 9.17) is 0 Å². The predicted octanol–water partition coefficient (Wildman–Crippen LogP) is 1.98. The number of rotatable bonds is 3. The monoisotopic (exact) mass is 323 g/mol. The van der Waals surface area contributed by atoms with E-state index in [-0.39, 0.29) is 22.9 Å². The maximum Gasteiger partial charge on any atom is 0.418 e. The first-order chi connectivity index (χ1) is 9.61. The van der Waals surface area contributed by atoms with Gasteiger partial charge >= 0.3 is 6.18 Å². The van der Waals surface area contributed by atoms with E-state index in [0.717, 1.165) is 0 Å². The lowest BCUT2D eigenvalue weighted by Gasteiger charge is -2.27. The minimum atomic E-state index is -4.74. The molecule has 0 amide bonds. The number of aliphatic hydroxyl groups is 1. The van der Waals surface area contributed by atoms with Gasteiger partial charge in [-0.3, -0.25) is 0 Å². The predicted molar refractivity (Wildman–Crippen MR) is 72.0 cm³/mol.